The van der Waals surface area contributed by atoms with Crippen LogP contribution in [0.25, 0.3) is 11.5 Å². The van der Waals surface area contributed by atoms with Gasteiger partial charge in [-0.25, -0.2) is 4.68 Å². The van der Waals surface area contributed by atoms with Crippen LogP contribution in [-0.4, -0.2) is 53.0 Å². The lowest BCUT2D eigenvalue weighted by atomic mass is 10.1. The lowest BCUT2D eigenvalue weighted by Gasteiger charge is -2.27. The molecule has 1 saturated heterocycles. The molecule has 29 heavy (non-hydrogen) atoms. The van der Waals surface area contributed by atoms with Gasteiger partial charge in [-0.15, -0.1) is 15.3 Å². The van der Waals surface area contributed by atoms with Gasteiger partial charge in [-0.2, -0.15) is 9.61 Å². The number of carbonyl (C=O) groups excluding carboxylic acids is 1. The molecule has 152 valence electrons. The summed E-state index contributed by atoms with van der Waals surface area (Å²) in [6.45, 7) is 7.06. The van der Waals surface area contributed by atoms with E-state index >= 15 is 0 Å². The van der Waals surface area contributed by atoms with E-state index in [0.717, 1.165) is 59.5 Å². The Labute approximate surface area is 169 Å². The summed E-state index contributed by atoms with van der Waals surface area (Å²) in [4.78, 5) is 14.9. The number of likely N-dealkylation sites (tertiary alicyclic amines) is 1. The minimum absolute atomic E-state index is 0.292. The van der Waals surface area contributed by atoms with Crippen LogP contribution in [-0.2, 0) is 17.6 Å². The second-order valence-corrected chi connectivity index (χ2v) is 8.37. The molecule has 2 aliphatic rings. The summed E-state index contributed by atoms with van der Waals surface area (Å²) in [5.41, 5.74) is 3.87. The number of carbonyl (C=O) groups is 1. The minimum Gasteiger partial charge on any atom is -0.339 e. The van der Waals surface area contributed by atoms with Crippen LogP contribution in [0.15, 0.2) is 12.1 Å². The highest BCUT2D eigenvalue weighted by atomic mass is 16.2. The second-order valence-electron chi connectivity index (χ2n) is 8.37. The van der Waals surface area contributed by atoms with Crippen molar-refractivity contribution in [2.24, 2.45) is 5.92 Å². The molecule has 8 heteroatoms. The van der Waals surface area contributed by atoms with E-state index in [1.807, 2.05) is 30.7 Å². The molecule has 0 spiro atoms. The number of aromatic nitrogens is 6. The fourth-order valence-corrected chi connectivity index (χ4v) is 5.02. The standard InChI is InChI=1S/C21H27N7O/c1-4-18-22-23-19-8-9-20(25-28(18)19)27-14(3)17(13(2)24-27)7-10-21(29)26-12-15-5-6-16(26)11-15/h8-9,15-16H,4-7,10-12H2,1-3H3/t15?,16-/m0/s1. The van der Waals surface area contributed by atoms with E-state index in [0.29, 0.717) is 18.4 Å². The maximum atomic E-state index is 12.8. The largest absolute Gasteiger partial charge is 0.339 e. The van der Waals surface area contributed by atoms with Crippen molar-refractivity contribution in [3.63, 3.8) is 0 Å². The topological polar surface area (TPSA) is 81.2 Å². The van der Waals surface area contributed by atoms with Crippen LogP contribution in [0.2, 0.25) is 0 Å². The van der Waals surface area contributed by atoms with Gasteiger partial charge in [-0.1, -0.05) is 6.92 Å². The third kappa shape index (κ3) is 3.01. The monoisotopic (exact) mass is 393 g/mol. The molecule has 0 radical (unpaired) electrons. The molecule has 2 bridgehead atoms. The van der Waals surface area contributed by atoms with Crippen LogP contribution in [0.4, 0.5) is 0 Å². The van der Waals surface area contributed by atoms with Crippen molar-refractivity contribution in [1.29, 1.82) is 0 Å². The number of aryl methyl sites for hydroxylation is 2. The Hall–Kier alpha value is -2.77. The van der Waals surface area contributed by atoms with Crippen molar-refractivity contribution < 1.29 is 4.79 Å². The smallest absolute Gasteiger partial charge is 0.223 e. The van der Waals surface area contributed by atoms with Gasteiger partial charge in [0.15, 0.2) is 17.3 Å². The summed E-state index contributed by atoms with van der Waals surface area (Å²) in [6.07, 6.45) is 5.72. The van der Waals surface area contributed by atoms with Crippen molar-refractivity contribution in [3.05, 3.63) is 34.9 Å². The first kappa shape index (κ1) is 18.3. The first-order valence-electron chi connectivity index (χ1n) is 10.6. The molecule has 4 heterocycles. The summed E-state index contributed by atoms with van der Waals surface area (Å²) < 4.78 is 3.64. The van der Waals surface area contributed by atoms with E-state index in [1.54, 1.807) is 4.52 Å². The van der Waals surface area contributed by atoms with Crippen LogP contribution in [0.3, 0.4) is 0 Å². The molecule has 0 N–H and O–H groups in total. The van der Waals surface area contributed by atoms with Gasteiger partial charge in [0.25, 0.3) is 0 Å². The van der Waals surface area contributed by atoms with Crippen molar-refractivity contribution in [2.75, 3.05) is 6.54 Å². The Balaban J connectivity index is 1.37. The Morgan fingerprint density at radius 3 is 2.76 bits per heavy atom. The Kier molecular flexibility index (Phi) is 4.37. The van der Waals surface area contributed by atoms with E-state index in [1.165, 1.54) is 19.3 Å². The van der Waals surface area contributed by atoms with Crippen molar-refractivity contribution in [2.45, 2.75) is 65.3 Å². The molecule has 1 aliphatic heterocycles. The maximum absolute atomic E-state index is 12.8. The lowest BCUT2D eigenvalue weighted by molar-refractivity contribution is -0.132. The predicted molar refractivity (Wildman–Crippen MR) is 108 cm³/mol. The van der Waals surface area contributed by atoms with Crippen LogP contribution >= 0.6 is 0 Å². The fourth-order valence-electron chi connectivity index (χ4n) is 5.02. The molecule has 3 aromatic rings. The molecule has 1 saturated carbocycles. The first-order chi connectivity index (χ1) is 14.0. The Bertz CT molecular complexity index is 1080. The number of amides is 1. The van der Waals surface area contributed by atoms with Crippen molar-refractivity contribution in [1.82, 2.24) is 34.5 Å². The van der Waals surface area contributed by atoms with Gasteiger partial charge >= 0.3 is 0 Å². The normalized spacial score (nSPS) is 20.9. The maximum Gasteiger partial charge on any atom is 0.223 e. The molecule has 1 unspecified atom stereocenters. The molecule has 2 fully saturated rings. The second kappa shape index (κ2) is 6.93. The van der Waals surface area contributed by atoms with E-state index in [-0.39, 0.29) is 0 Å². The molecule has 1 amide bonds. The average Bonchev–Trinajstić information content (AvgIpc) is 3.49. The first-order valence-corrected chi connectivity index (χ1v) is 10.6. The fraction of sp³-hybridized carbons (Fsp3) is 0.571. The number of rotatable bonds is 5. The summed E-state index contributed by atoms with van der Waals surface area (Å²) >= 11 is 0. The number of nitrogens with zero attached hydrogens (tertiary/aromatic N) is 7. The number of piperidine rings is 1. The third-order valence-corrected chi connectivity index (χ3v) is 6.61. The molecule has 8 nitrogen and oxygen atoms in total. The summed E-state index contributed by atoms with van der Waals surface area (Å²) in [5.74, 6) is 2.60. The zero-order valence-corrected chi connectivity index (χ0v) is 17.3. The van der Waals surface area contributed by atoms with Gasteiger partial charge in [0.05, 0.1) is 5.69 Å². The molecule has 2 atom stereocenters. The highest BCUT2D eigenvalue weighted by molar-refractivity contribution is 5.77. The minimum atomic E-state index is 0.292. The van der Waals surface area contributed by atoms with Gasteiger partial charge in [0, 0.05) is 31.1 Å². The van der Waals surface area contributed by atoms with Crippen molar-refractivity contribution >= 4 is 11.6 Å². The summed E-state index contributed by atoms with van der Waals surface area (Å²) in [5, 5.41) is 17.7. The quantitative estimate of drug-likeness (QED) is 0.665. The predicted octanol–water partition coefficient (Wildman–Crippen LogP) is 2.43. The van der Waals surface area contributed by atoms with Crippen molar-refractivity contribution in [3.8, 4) is 5.82 Å². The summed E-state index contributed by atoms with van der Waals surface area (Å²) in [6, 6.07) is 4.32. The van der Waals surface area contributed by atoms with Gasteiger partial charge in [0.2, 0.25) is 5.91 Å². The summed E-state index contributed by atoms with van der Waals surface area (Å²) in [7, 11) is 0. The molecule has 3 aromatic heterocycles. The zero-order chi connectivity index (χ0) is 20.1. The van der Waals surface area contributed by atoms with Crippen LogP contribution in [0.5, 0.6) is 0 Å². The average molecular weight is 393 g/mol. The number of hydrogen-bond acceptors (Lipinski definition) is 5. The van der Waals surface area contributed by atoms with Gasteiger partial charge in [0.1, 0.15) is 0 Å². The van der Waals surface area contributed by atoms with E-state index in [4.69, 9.17) is 10.2 Å². The molecule has 1 aliphatic carbocycles. The molecule has 5 rings (SSSR count). The van der Waals surface area contributed by atoms with E-state index in [2.05, 4.69) is 22.0 Å². The number of fused-ring (bicyclic) bond motifs is 3. The lowest BCUT2D eigenvalue weighted by Crippen LogP contribution is -2.37. The molecular weight excluding hydrogens is 366 g/mol. The Morgan fingerprint density at radius 2 is 2.03 bits per heavy atom. The van der Waals surface area contributed by atoms with Gasteiger partial charge < -0.3 is 4.90 Å². The van der Waals surface area contributed by atoms with E-state index < -0.39 is 0 Å². The highest BCUT2D eigenvalue weighted by Gasteiger charge is 2.39. The van der Waals surface area contributed by atoms with Crippen LogP contribution in [0, 0.1) is 19.8 Å². The van der Waals surface area contributed by atoms with Crippen LogP contribution in [0.1, 0.15) is 55.4 Å². The Morgan fingerprint density at radius 1 is 1.17 bits per heavy atom. The zero-order valence-electron chi connectivity index (χ0n) is 17.3. The highest BCUT2D eigenvalue weighted by Crippen LogP contribution is 2.37. The molecular formula is C21H27N7O. The van der Waals surface area contributed by atoms with Gasteiger partial charge in [-0.3, -0.25) is 4.79 Å². The molecule has 0 aromatic carbocycles. The van der Waals surface area contributed by atoms with Crippen LogP contribution < -0.4 is 0 Å². The number of hydrogen-bond donors (Lipinski definition) is 0. The van der Waals surface area contributed by atoms with Gasteiger partial charge in [-0.05, 0) is 63.1 Å². The van der Waals surface area contributed by atoms with E-state index in [9.17, 15) is 4.79 Å². The third-order valence-electron chi connectivity index (χ3n) is 6.61. The SMILES string of the molecule is CCc1nnc2ccc(-n3nc(C)c(CCC(=O)N4CC5CC[C@H]4C5)c3C)nn12.